The topological polar surface area (TPSA) is 37.3 Å². The number of hydrogen-bond donors (Lipinski definition) is 1. The Morgan fingerprint density at radius 2 is 2.27 bits per heavy atom. The summed E-state index contributed by atoms with van der Waals surface area (Å²) < 4.78 is 0.926. The number of benzene rings is 1. The summed E-state index contributed by atoms with van der Waals surface area (Å²) in [6.45, 7) is -0.0762. The van der Waals surface area contributed by atoms with E-state index in [1.165, 1.54) is 0 Å². The minimum atomic E-state index is -0.0762. The number of hydrogen-bond acceptors (Lipinski definition) is 2. The predicted molar refractivity (Wildman–Crippen MR) is 50.5 cm³/mol. The Morgan fingerprint density at radius 1 is 1.55 bits per heavy atom. The van der Waals surface area contributed by atoms with Gasteiger partial charge in [0.15, 0.2) is 0 Å². The smallest absolute Gasteiger partial charge is 0.150 e. The monoisotopic (exact) mass is 262 g/mol. The molecule has 2 nitrogen and oxygen atoms in total. The average Bonchev–Trinajstić information content (AvgIpc) is 2.04. The third-order valence-electron chi connectivity index (χ3n) is 1.44. The van der Waals surface area contributed by atoms with E-state index in [-0.39, 0.29) is 6.61 Å². The van der Waals surface area contributed by atoms with Crippen molar-refractivity contribution >= 4 is 28.9 Å². The highest BCUT2D eigenvalue weighted by Gasteiger charge is 2.02. The first-order valence-corrected chi connectivity index (χ1v) is 4.21. The minimum absolute atomic E-state index is 0.0762. The van der Waals surface area contributed by atoms with Crippen LogP contribution in [0.2, 0.25) is 0 Å². The van der Waals surface area contributed by atoms with Crippen molar-refractivity contribution in [1.29, 1.82) is 0 Å². The zero-order valence-corrected chi connectivity index (χ0v) is 7.91. The lowest BCUT2D eigenvalue weighted by Crippen LogP contribution is -1.94. The van der Waals surface area contributed by atoms with Gasteiger partial charge in [-0.05, 0) is 28.7 Å². The SMILES string of the molecule is O=Cc1cccc(I)c1CO. The fourth-order valence-corrected chi connectivity index (χ4v) is 1.54. The van der Waals surface area contributed by atoms with Gasteiger partial charge < -0.3 is 5.11 Å². The van der Waals surface area contributed by atoms with E-state index in [1.807, 2.05) is 6.07 Å². The molecule has 0 unspecified atom stereocenters. The van der Waals surface area contributed by atoms with Crippen LogP contribution in [0.5, 0.6) is 0 Å². The van der Waals surface area contributed by atoms with Crippen molar-refractivity contribution in [3.8, 4) is 0 Å². The van der Waals surface area contributed by atoms with Gasteiger partial charge in [0.25, 0.3) is 0 Å². The number of aliphatic hydroxyl groups excluding tert-OH is 1. The quantitative estimate of drug-likeness (QED) is 0.649. The lowest BCUT2D eigenvalue weighted by atomic mass is 10.1. The van der Waals surface area contributed by atoms with Crippen LogP contribution < -0.4 is 0 Å². The summed E-state index contributed by atoms with van der Waals surface area (Å²) >= 11 is 2.09. The molecule has 1 aromatic rings. The first-order chi connectivity index (χ1) is 5.29. The number of carbonyl (C=O) groups excluding carboxylic acids is 1. The Kier molecular flexibility index (Phi) is 3.02. The third-order valence-corrected chi connectivity index (χ3v) is 2.45. The van der Waals surface area contributed by atoms with Crippen LogP contribution in [0.4, 0.5) is 0 Å². The summed E-state index contributed by atoms with van der Waals surface area (Å²) in [5.41, 5.74) is 1.28. The number of carbonyl (C=O) groups is 1. The van der Waals surface area contributed by atoms with E-state index < -0.39 is 0 Å². The molecule has 11 heavy (non-hydrogen) atoms. The Labute approximate surface area is 78.4 Å². The van der Waals surface area contributed by atoms with Gasteiger partial charge in [0.05, 0.1) is 6.61 Å². The van der Waals surface area contributed by atoms with Crippen LogP contribution >= 0.6 is 22.6 Å². The van der Waals surface area contributed by atoms with Crippen molar-refractivity contribution in [2.45, 2.75) is 6.61 Å². The molecule has 0 spiro atoms. The molecule has 1 rings (SSSR count). The Morgan fingerprint density at radius 3 is 2.73 bits per heavy atom. The molecule has 0 aliphatic carbocycles. The highest BCUT2D eigenvalue weighted by molar-refractivity contribution is 14.1. The molecule has 0 saturated heterocycles. The summed E-state index contributed by atoms with van der Waals surface area (Å²) in [7, 11) is 0. The van der Waals surface area contributed by atoms with E-state index in [0.717, 1.165) is 9.86 Å². The standard InChI is InChI=1S/C8H7IO2/c9-8-3-1-2-6(4-10)7(8)5-11/h1-4,11H,5H2. The molecule has 0 aliphatic heterocycles. The lowest BCUT2D eigenvalue weighted by Gasteiger charge is -2.01. The molecule has 58 valence electrons. The van der Waals surface area contributed by atoms with Crippen LogP contribution in [-0.2, 0) is 6.61 Å². The van der Waals surface area contributed by atoms with Gasteiger partial charge in [-0.1, -0.05) is 12.1 Å². The number of rotatable bonds is 2. The van der Waals surface area contributed by atoms with Gasteiger partial charge in [0.2, 0.25) is 0 Å². The Hall–Kier alpha value is -0.420. The maximum Gasteiger partial charge on any atom is 0.150 e. The summed E-state index contributed by atoms with van der Waals surface area (Å²) in [6, 6.07) is 5.35. The third kappa shape index (κ3) is 1.78. The van der Waals surface area contributed by atoms with Gasteiger partial charge in [-0.3, -0.25) is 4.79 Å². The normalized spacial score (nSPS) is 9.64. The maximum absolute atomic E-state index is 10.4. The van der Waals surface area contributed by atoms with Crippen LogP contribution in [0.3, 0.4) is 0 Å². The molecular formula is C8H7IO2. The van der Waals surface area contributed by atoms with Crippen molar-refractivity contribution in [2.75, 3.05) is 0 Å². The highest BCUT2D eigenvalue weighted by Crippen LogP contribution is 2.15. The largest absolute Gasteiger partial charge is 0.392 e. The molecule has 1 N–H and O–H groups in total. The second-order valence-electron chi connectivity index (χ2n) is 2.08. The fraction of sp³-hybridized carbons (Fsp3) is 0.125. The van der Waals surface area contributed by atoms with Crippen molar-refractivity contribution < 1.29 is 9.90 Å². The molecule has 0 atom stereocenters. The predicted octanol–water partition coefficient (Wildman–Crippen LogP) is 1.60. The van der Waals surface area contributed by atoms with E-state index in [4.69, 9.17) is 5.11 Å². The summed E-state index contributed by atoms with van der Waals surface area (Å²) in [4.78, 5) is 10.4. The first kappa shape index (κ1) is 8.67. The molecule has 0 fully saturated rings. The first-order valence-electron chi connectivity index (χ1n) is 3.13. The molecule has 1 aromatic carbocycles. The van der Waals surface area contributed by atoms with E-state index in [0.29, 0.717) is 11.1 Å². The maximum atomic E-state index is 10.4. The van der Waals surface area contributed by atoms with E-state index >= 15 is 0 Å². The average molecular weight is 262 g/mol. The molecule has 0 heterocycles. The lowest BCUT2D eigenvalue weighted by molar-refractivity contribution is 0.112. The zero-order valence-electron chi connectivity index (χ0n) is 5.75. The Bertz CT molecular complexity index is 271. The van der Waals surface area contributed by atoms with Crippen LogP contribution in [0, 0.1) is 3.57 Å². The Balaban J connectivity index is 3.23. The molecule has 0 bridgehead atoms. The van der Waals surface area contributed by atoms with Crippen LogP contribution in [0.1, 0.15) is 15.9 Å². The van der Waals surface area contributed by atoms with Gasteiger partial charge >= 0.3 is 0 Å². The minimum Gasteiger partial charge on any atom is -0.392 e. The molecule has 0 saturated carbocycles. The van der Waals surface area contributed by atoms with Crippen molar-refractivity contribution in [1.82, 2.24) is 0 Å². The second-order valence-corrected chi connectivity index (χ2v) is 3.25. The number of halogens is 1. The van der Waals surface area contributed by atoms with Crippen molar-refractivity contribution in [3.05, 3.63) is 32.9 Å². The molecule has 0 amide bonds. The van der Waals surface area contributed by atoms with Gasteiger partial charge in [-0.15, -0.1) is 0 Å². The summed E-state index contributed by atoms with van der Waals surface area (Å²) in [5.74, 6) is 0. The summed E-state index contributed by atoms with van der Waals surface area (Å²) in [5, 5.41) is 8.87. The van der Waals surface area contributed by atoms with Crippen molar-refractivity contribution in [2.24, 2.45) is 0 Å². The summed E-state index contributed by atoms with van der Waals surface area (Å²) in [6.07, 6.45) is 0.758. The van der Waals surface area contributed by atoms with Crippen LogP contribution in [0.15, 0.2) is 18.2 Å². The zero-order chi connectivity index (χ0) is 8.27. The molecule has 0 aliphatic rings. The molecular weight excluding hydrogens is 255 g/mol. The van der Waals surface area contributed by atoms with Crippen LogP contribution in [0.25, 0.3) is 0 Å². The van der Waals surface area contributed by atoms with Gasteiger partial charge in [-0.2, -0.15) is 0 Å². The van der Waals surface area contributed by atoms with Crippen molar-refractivity contribution in [3.63, 3.8) is 0 Å². The van der Waals surface area contributed by atoms with Gasteiger partial charge in [0.1, 0.15) is 6.29 Å². The van der Waals surface area contributed by atoms with Gasteiger partial charge in [-0.25, -0.2) is 0 Å². The number of aldehydes is 1. The van der Waals surface area contributed by atoms with Gasteiger partial charge in [0, 0.05) is 14.7 Å². The molecule has 0 aromatic heterocycles. The van der Waals surface area contributed by atoms with E-state index in [9.17, 15) is 4.79 Å². The fourth-order valence-electron chi connectivity index (χ4n) is 0.853. The second kappa shape index (κ2) is 3.82. The van der Waals surface area contributed by atoms with Crippen LogP contribution in [-0.4, -0.2) is 11.4 Å². The molecule has 0 radical (unpaired) electrons. The van der Waals surface area contributed by atoms with E-state index in [1.54, 1.807) is 12.1 Å². The molecule has 3 heteroatoms. The number of aliphatic hydroxyl groups is 1. The van der Waals surface area contributed by atoms with E-state index in [2.05, 4.69) is 22.6 Å². The highest BCUT2D eigenvalue weighted by atomic mass is 127.